The predicted octanol–water partition coefficient (Wildman–Crippen LogP) is 5.34. The second-order valence-corrected chi connectivity index (χ2v) is 6.75. The second kappa shape index (κ2) is 10.1. The molecule has 30 heavy (non-hydrogen) atoms. The fraction of sp³-hybridized carbons (Fsp3) is 0.348. The van der Waals surface area contributed by atoms with Gasteiger partial charge in [0.05, 0.1) is 23.8 Å². The van der Waals surface area contributed by atoms with E-state index in [4.69, 9.17) is 4.74 Å². The number of rotatable bonds is 8. The third-order valence-electron chi connectivity index (χ3n) is 4.65. The lowest BCUT2D eigenvalue weighted by molar-refractivity contribution is -0.152. The average molecular weight is 417 g/mol. The number of esters is 1. The summed E-state index contributed by atoms with van der Waals surface area (Å²) in [6.07, 6.45) is -4.53. The molecule has 7 heteroatoms. The van der Waals surface area contributed by atoms with Gasteiger partial charge in [0.1, 0.15) is 11.7 Å². The molecule has 1 unspecified atom stereocenters. The molecule has 2 aromatic rings. The van der Waals surface area contributed by atoms with E-state index in [1.165, 1.54) is 18.2 Å². The van der Waals surface area contributed by atoms with Gasteiger partial charge in [-0.05, 0) is 48.6 Å². The smallest absolute Gasteiger partial charge is 0.416 e. The molecule has 0 amide bonds. The summed E-state index contributed by atoms with van der Waals surface area (Å²) >= 11 is 0. The van der Waals surface area contributed by atoms with Crippen LogP contribution in [0.25, 0.3) is 11.1 Å². The molecule has 0 fully saturated rings. The van der Waals surface area contributed by atoms with E-state index < -0.39 is 35.8 Å². The van der Waals surface area contributed by atoms with Crippen molar-refractivity contribution >= 4 is 11.8 Å². The zero-order valence-electron chi connectivity index (χ0n) is 16.8. The maximum absolute atomic E-state index is 13.8. The summed E-state index contributed by atoms with van der Waals surface area (Å²) in [7, 11) is 0. The molecule has 1 atom stereocenters. The summed E-state index contributed by atoms with van der Waals surface area (Å²) in [4.78, 5) is 24.6. The van der Waals surface area contributed by atoms with Crippen LogP contribution in [0.2, 0.25) is 0 Å². The Bertz CT molecular complexity index is 943. The molecule has 0 aliphatic rings. The molecule has 0 N–H and O–H groups in total. The molecule has 0 saturated carbocycles. The van der Waals surface area contributed by atoms with Crippen LogP contribution in [0.5, 0.6) is 0 Å². The third-order valence-corrected chi connectivity index (χ3v) is 4.65. The van der Waals surface area contributed by atoms with E-state index in [1.54, 1.807) is 32.0 Å². The van der Waals surface area contributed by atoms with E-state index in [1.807, 2.05) is 6.07 Å². The Hall–Kier alpha value is -3.14. The zero-order chi connectivity index (χ0) is 22.3. The summed E-state index contributed by atoms with van der Waals surface area (Å²) < 4.78 is 46.3. The van der Waals surface area contributed by atoms with Crippen molar-refractivity contribution < 1.29 is 27.5 Å². The van der Waals surface area contributed by atoms with E-state index in [-0.39, 0.29) is 29.7 Å². The molecule has 0 saturated heterocycles. The number of ether oxygens (including phenoxy) is 1. The van der Waals surface area contributed by atoms with Crippen molar-refractivity contribution in [1.29, 1.82) is 5.26 Å². The lowest BCUT2D eigenvalue weighted by Crippen LogP contribution is -2.29. The van der Waals surface area contributed by atoms with E-state index in [0.29, 0.717) is 12.0 Å². The number of hydrogen-bond acceptors (Lipinski definition) is 4. The lowest BCUT2D eigenvalue weighted by atomic mass is 9.88. The first-order chi connectivity index (χ1) is 14.2. The number of alkyl halides is 3. The molecular formula is C23H22F3NO3. The van der Waals surface area contributed by atoms with Gasteiger partial charge in [0.25, 0.3) is 0 Å². The van der Waals surface area contributed by atoms with Crippen LogP contribution in [-0.2, 0) is 26.9 Å². The zero-order valence-corrected chi connectivity index (χ0v) is 16.8. The van der Waals surface area contributed by atoms with Crippen LogP contribution in [-0.4, -0.2) is 18.4 Å². The number of nitriles is 1. The minimum Gasteiger partial charge on any atom is -0.465 e. The van der Waals surface area contributed by atoms with Crippen molar-refractivity contribution in [3.05, 3.63) is 59.2 Å². The van der Waals surface area contributed by atoms with Gasteiger partial charge in [-0.15, -0.1) is 0 Å². The van der Waals surface area contributed by atoms with Gasteiger partial charge in [-0.25, -0.2) is 0 Å². The molecule has 158 valence electrons. The van der Waals surface area contributed by atoms with Crippen LogP contribution >= 0.6 is 0 Å². The quantitative estimate of drug-likeness (QED) is 0.430. The maximum Gasteiger partial charge on any atom is 0.416 e. The van der Waals surface area contributed by atoms with E-state index >= 15 is 0 Å². The van der Waals surface area contributed by atoms with Crippen LogP contribution in [0.1, 0.15) is 43.4 Å². The number of nitrogens with zero attached hydrogens (tertiary/aromatic N) is 1. The van der Waals surface area contributed by atoms with E-state index in [0.717, 1.165) is 6.07 Å². The maximum atomic E-state index is 13.8. The third kappa shape index (κ3) is 5.47. The molecular weight excluding hydrogens is 395 g/mol. The Morgan fingerprint density at radius 3 is 2.43 bits per heavy atom. The predicted molar refractivity (Wildman–Crippen MR) is 105 cm³/mol. The number of carbonyl (C=O) groups excluding carboxylic acids is 2. The Morgan fingerprint density at radius 1 is 1.13 bits per heavy atom. The standard InChI is InChI=1S/C23H22F3NO3/c1-3-7-21(28)19(22(29)30-4-2)12-16-11-10-15(13-20(16)23(24,25)26)18-9-6-5-8-17(18)14-27/h5-6,8-11,13,19H,3-4,7,12H2,1-2H3. The van der Waals surface area contributed by atoms with Crippen molar-refractivity contribution in [1.82, 2.24) is 0 Å². The van der Waals surface area contributed by atoms with Crippen LogP contribution < -0.4 is 0 Å². The van der Waals surface area contributed by atoms with Gasteiger partial charge >= 0.3 is 12.1 Å². The molecule has 2 rings (SSSR count). The normalized spacial score (nSPS) is 12.1. The van der Waals surface area contributed by atoms with Crippen molar-refractivity contribution in [2.75, 3.05) is 6.61 Å². The number of hydrogen-bond donors (Lipinski definition) is 0. The molecule has 0 radical (unpaired) electrons. The Morgan fingerprint density at radius 2 is 1.83 bits per heavy atom. The molecule has 0 spiro atoms. The van der Waals surface area contributed by atoms with Crippen molar-refractivity contribution in [2.24, 2.45) is 5.92 Å². The fourth-order valence-corrected chi connectivity index (χ4v) is 3.23. The largest absolute Gasteiger partial charge is 0.465 e. The van der Waals surface area contributed by atoms with Gasteiger partial charge < -0.3 is 4.74 Å². The van der Waals surface area contributed by atoms with Gasteiger partial charge in [0.15, 0.2) is 0 Å². The number of benzene rings is 2. The Labute approximate surface area is 173 Å². The Balaban J connectivity index is 2.52. The van der Waals surface area contributed by atoms with Gasteiger partial charge in [0.2, 0.25) is 0 Å². The summed E-state index contributed by atoms with van der Waals surface area (Å²) in [5.41, 5.74) is -0.243. The van der Waals surface area contributed by atoms with E-state index in [2.05, 4.69) is 0 Å². The van der Waals surface area contributed by atoms with Crippen LogP contribution in [0, 0.1) is 17.2 Å². The van der Waals surface area contributed by atoms with E-state index in [9.17, 15) is 28.0 Å². The molecule has 4 nitrogen and oxygen atoms in total. The van der Waals surface area contributed by atoms with Crippen LogP contribution in [0.4, 0.5) is 13.2 Å². The highest BCUT2D eigenvalue weighted by Gasteiger charge is 2.36. The van der Waals surface area contributed by atoms with Gasteiger partial charge in [-0.3, -0.25) is 9.59 Å². The highest BCUT2D eigenvalue weighted by atomic mass is 19.4. The molecule has 0 bridgehead atoms. The SMILES string of the molecule is CCCC(=O)C(Cc1ccc(-c2ccccc2C#N)cc1C(F)(F)F)C(=O)OCC. The summed E-state index contributed by atoms with van der Waals surface area (Å²) in [5, 5.41) is 9.24. The second-order valence-electron chi connectivity index (χ2n) is 6.75. The molecule has 0 aliphatic heterocycles. The van der Waals surface area contributed by atoms with Crippen LogP contribution in [0.3, 0.4) is 0 Å². The molecule has 0 heterocycles. The number of halogens is 3. The van der Waals surface area contributed by atoms with Crippen molar-refractivity contribution in [3.8, 4) is 17.2 Å². The van der Waals surface area contributed by atoms with Gasteiger partial charge in [-0.2, -0.15) is 18.4 Å². The van der Waals surface area contributed by atoms with Gasteiger partial charge in [0, 0.05) is 6.42 Å². The Kier molecular flexibility index (Phi) is 7.76. The van der Waals surface area contributed by atoms with Crippen LogP contribution in [0.15, 0.2) is 42.5 Å². The average Bonchev–Trinajstić information content (AvgIpc) is 2.71. The van der Waals surface area contributed by atoms with Crippen molar-refractivity contribution in [3.63, 3.8) is 0 Å². The first-order valence-corrected chi connectivity index (χ1v) is 9.61. The molecule has 0 aliphatic carbocycles. The fourth-order valence-electron chi connectivity index (χ4n) is 3.23. The summed E-state index contributed by atoms with van der Waals surface area (Å²) in [5.74, 6) is -2.55. The summed E-state index contributed by atoms with van der Waals surface area (Å²) in [6.45, 7) is 3.36. The first kappa shape index (κ1) is 23.1. The summed E-state index contributed by atoms with van der Waals surface area (Å²) in [6, 6.07) is 12.0. The monoisotopic (exact) mass is 417 g/mol. The van der Waals surface area contributed by atoms with Crippen molar-refractivity contribution in [2.45, 2.75) is 39.3 Å². The topological polar surface area (TPSA) is 67.2 Å². The molecule has 2 aromatic carbocycles. The number of Topliss-reactive ketones (excluding diaryl/α,β-unsaturated/α-hetero) is 1. The minimum atomic E-state index is -4.69. The minimum absolute atomic E-state index is 0.0325. The van der Waals surface area contributed by atoms with Gasteiger partial charge in [-0.1, -0.05) is 37.3 Å². The lowest BCUT2D eigenvalue weighted by Gasteiger charge is -2.19. The number of carbonyl (C=O) groups is 2. The number of ketones is 1. The molecule has 0 aromatic heterocycles. The highest BCUT2D eigenvalue weighted by Crippen LogP contribution is 2.37. The first-order valence-electron chi connectivity index (χ1n) is 9.61. The highest BCUT2D eigenvalue weighted by molar-refractivity contribution is 5.99.